The lowest BCUT2D eigenvalue weighted by atomic mass is 9.42. The SMILES string of the molecule is C[C@]12CC[C@H]3[C@@H]([C@H](O)[C@H](O)[C@]4(O)C[C@@H](O)CC[C@]34C)[C@@H]1CC[C@@H]2O. The molecule has 0 heterocycles. The highest BCUT2D eigenvalue weighted by molar-refractivity contribution is 5.19. The highest BCUT2D eigenvalue weighted by atomic mass is 16.4. The van der Waals surface area contributed by atoms with Crippen LogP contribution in [0.25, 0.3) is 0 Å². The standard InChI is InChI=1S/C19H32O5/c1-17-7-6-12-14(11(17)3-4-13(17)21)15(22)16(23)19(24)9-10(20)5-8-18(12,19)2/h10-16,20-24H,3-9H2,1-2H3/t10-,11-,12-,13-,14-,15-,16-,17-,18+,19+/m0/s1. The van der Waals surface area contributed by atoms with Crippen LogP contribution >= 0.6 is 0 Å². The van der Waals surface area contributed by atoms with Gasteiger partial charge < -0.3 is 25.5 Å². The number of hydrogen-bond acceptors (Lipinski definition) is 5. The maximum absolute atomic E-state index is 11.3. The van der Waals surface area contributed by atoms with Crippen LogP contribution in [0.3, 0.4) is 0 Å². The van der Waals surface area contributed by atoms with E-state index in [1.807, 2.05) is 6.92 Å². The van der Waals surface area contributed by atoms with Gasteiger partial charge in [-0.25, -0.2) is 0 Å². The van der Waals surface area contributed by atoms with E-state index in [1.165, 1.54) is 0 Å². The molecule has 4 aliphatic carbocycles. The first-order valence-corrected chi connectivity index (χ1v) is 9.60. The highest BCUT2D eigenvalue weighted by Crippen LogP contribution is 2.67. The lowest BCUT2D eigenvalue weighted by Gasteiger charge is -2.66. The summed E-state index contributed by atoms with van der Waals surface area (Å²) in [6.07, 6.45) is 1.63. The molecule has 5 N–H and O–H groups in total. The van der Waals surface area contributed by atoms with Gasteiger partial charge in [0.05, 0.1) is 18.3 Å². The van der Waals surface area contributed by atoms with Crippen molar-refractivity contribution < 1.29 is 25.5 Å². The van der Waals surface area contributed by atoms with E-state index in [-0.39, 0.29) is 35.7 Å². The molecule has 5 heteroatoms. The monoisotopic (exact) mass is 340 g/mol. The molecule has 0 aromatic carbocycles. The Morgan fingerprint density at radius 3 is 2.25 bits per heavy atom. The van der Waals surface area contributed by atoms with Crippen molar-refractivity contribution in [3.8, 4) is 0 Å². The van der Waals surface area contributed by atoms with Gasteiger partial charge in [-0.1, -0.05) is 13.8 Å². The van der Waals surface area contributed by atoms with Crippen molar-refractivity contribution in [2.75, 3.05) is 0 Å². The molecule has 0 bridgehead atoms. The predicted molar refractivity (Wildman–Crippen MR) is 88.0 cm³/mol. The lowest BCUT2D eigenvalue weighted by molar-refractivity contribution is -0.298. The van der Waals surface area contributed by atoms with Crippen molar-refractivity contribution in [2.45, 2.75) is 88.8 Å². The minimum absolute atomic E-state index is 0.0867. The highest BCUT2D eigenvalue weighted by Gasteiger charge is 2.70. The molecular weight excluding hydrogens is 308 g/mol. The van der Waals surface area contributed by atoms with E-state index >= 15 is 0 Å². The van der Waals surface area contributed by atoms with Crippen molar-refractivity contribution in [2.24, 2.45) is 28.6 Å². The number of rotatable bonds is 0. The summed E-state index contributed by atoms with van der Waals surface area (Å²) in [5.74, 6) is 0.220. The summed E-state index contributed by atoms with van der Waals surface area (Å²) in [5.41, 5.74) is -2.12. The van der Waals surface area contributed by atoms with Crippen LogP contribution in [0.4, 0.5) is 0 Å². The van der Waals surface area contributed by atoms with Crippen LogP contribution in [-0.2, 0) is 0 Å². The Morgan fingerprint density at radius 1 is 0.833 bits per heavy atom. The summed E-state index contributed by atoms with van der Waals surface area (Å²) < 4.78 is 0. The van der Waals surface area contributed by atoms with Gasteiger partial charge in [-0.05, 0) is 61.7 Å². The Labute approximate surface area is 143 Å². The van der Waals surface area contributed by atoms with E-state index < -0.39 is 29.3 Å². The van der Waals surface area contributed by atoms with Crippen LogP contribution in [-0.4, -0.2) is 55.5 Å². The van der Waals surface area contributed by atoms with Gasteiger partial charge in [-0.15, -0.1) is 0 Å². The Bertz CT molecular complexity index is 526. The second-order valence-corrected chi connectivity index (χ2v) is 9.60. The quantitative estimate of drug-likeness (QED) is 0.449. The van der Waals surface area contributed by atoms with Crippen molar-refractivity contribution >= 4 is 0 Å². The van der Waals surface area contributed by atoms with Crippen LogP contribution in [0, 0.1) is 28.6 Å². The topological polar surface area (TPSA) is 101 Å². The third-order valence-corrected chi connectivity index (χ3v) is 8.84. The lowest BCUT2D eigenvalue weighted by Crippen LogP contribution is -2.73. The number of aliphatic hydroxyl groups is 5. The van der Waals surface area contributed by atoms with Gasteiger partial charge in [-0.3, -0.25) is 0 Å². The predicted octanol–water partition coefficient (Wildman–Crippen LogP) is 0.807. The third kappa shape index (κ3) is 1.88. The van der Waals surface area contributed by atoms with Crippen LogP contribution in [0.1, 0.15) is 58.8 Å². The van der Waals surface area contributed by atoms with E-state index in [1.54, 1.807) is 0 Å². The van der Waals surface area contributed by atoms with E-state index in [4.69, 9.17) is 0 Å². The zero-order chi connectivity index (χ0) is 17.5. The molecule has 0 aliphatic heterocycles. The molecule has 0 aromatic heterocycles. The van der Waals surface area contributed by atoms with Crippen LogP contribution in [0.2, 0.25) is 0 Å². The minimum Gasteiger partial charge on any atom is -0.393 e. The molecule has 4 rings (SSSR count). The summed E-state index contributed by atoms with van der Waals surface area (Å²) >= 11 is 0. The van der Waals surface area contributed by atoms with Crippen molar-refractivity contribution in [1.82, 2.24) is 0 Å². The largest absolute Gasteiger partial charge is 0.393 e. The fourth-order valence-electron chi connectivity index (χ4n) is 7.22. The minimum atomic E-state index is -1.43. The summed E-state index contributed by atoms with van der Waals surface area (Å²) in [7, 11) is 0. The first-order chi connectivity index (χ1) is 11.1. The fourth-order valence-corrected chi connectivity index (χ4v) is 7.22. The molecule has 0 unspecified atom stereocenters. The summed E-state index contributed by atoms with van der Waals surface area (Å²) in [5, 5.41) is 53.7. The summed E-state index contributed by atoms with van der Waals surface area (Å²) in [6, 6.07) is 0. The van der Waals surface area contributed by atoms with Gasteiger partial charge in [0, 0.05) is 11.8 Å². The first kappa shape index (κ1) is 17.2. The van der Waals surface area contributed by atoms with Gasteiger partial charge in [-0.2, -0.15) is 0 Å². The zero-order valence-corrected chi connectivity index (χ0v) is 14.7. The van der Waals surface area contributed by atoms with E-state index in [0.717, 1.165) is 25.7 Å². The van der Waals surface area contributed by atoms with Gasteiger partial charge in [0.1, 0.15) is 11.7 Å². The second-order valence-electron chi connectivity index (χ2n) is 9.60. The molecule has 0 radical (unpaired) electrons. The van der Waals surface area contributed by atoms with Crippen LogP contribution < -0.4 is 0 Å². The maximum Gasteiger partial charge on any atom is 0.109 e. The second kappa shape index (κ2) is 5.17. The van der Waals surface area contributed by atoms with E-state index in [0.29, 0.717) is 12.8 Å². The molecule has 0 spiro atoms. The molecule has 5 nitrogen and oxygen atoms in total. The zero-order valence-electron chi connectivity index (χ0n) is 14.7. The van der Waals surface area contributed by atoms with E-state index in [9.17, 15) is 25.5 Å². The molecule has 0 saturated heterocycles. The summed E-state index contributed by atoms with van der Waals surface area (Å²) in [4.78, 5) is 0. The summed E-state index contributed by atoms with van der Waals surface area (Å²) in [6.45, 7) is 4.16. The molecular formula is C19H32O5. The van der Waals surface area contributed by atoms with Crippen molar-refractivity contribution in [1.29, 1.82) is 0 Å². The molecule has 0 amide bonds. The fraction of sp³-hybridized carbons (Fsp3) is 1.00. The number of hydrogen-bond donors (Lipinski definition) is 5. The smallest absolute Gasteiger partial charge is 0.109 e. The van der Waals surface area contributed by atoms with Gasteiger partial charge in [0.25, 0.3) is 0 Å². The molecule has 4 saturated carbocycles. The Balaban J connectivity index is 1.76. The Morgan fingerprint density at radius 2 is 1.54 bits per heavy atom. The van der Waals surface area contributed by atoms with Crippen LogP contribution in [0.15, 0.2) is 0 Å². The Kier molecular flexibility index (Phi) is 3.71. The van der Waals surface area contributed by atoms with Crippen LogP contribution in [0.5, 0.6) is 0 Å². The maximum atomic E-state index is 11.3. The average molecular weight is 340 g/mol. The molecule has 4 fully saturated rings. The van der Waals surface area contributed by atoms with Gasteiger partial charge in [0.2, 0.25) is 0 Å². The van der Waals surface area contributed by atoms with Crippen molar-refractivity contribution in [3.05, 3.63) is 0 Å². The number of aliphatic hydroxyl groups excluding tert-OH is 4. The number of fused-ring (bicyclic) bond motifs is 5. The molecule has 24 heavy (non-hydrogen) atoms. The molecule has 4 aliphatic rings. The normalized spacial score (nSPS) is 63.4. The van der Waals surface area contributed by atoms with E-state index in [2.05, 4.69) is 6.92 Å². The first-order valence-electron chi connectivity index (χ1n) is 9.60. The average Bonchev–Trinajstić information content (AvgIpc) is 2.83. The Hall–Kier alpha value is -0.200. The molecule has 10 atom stereocenters. The van der Waals surface area contributed by atoms with Crippen molar-refractivity contribution in [3.63, 3.8) is 0 Å². The molecule has 0 aromatic rings. The van der Waals surface area contributed by atoms with Gasteiger partial charge >= 0.3 is 0 Å². The molecule has 138 valence electrons. The van der Waals surface area contributed by atoms with Gasteiger partial charge in [0.15, 0.2) is 0 Å². The third-order valence-electron chi connectivity index (χ3n) is 8.84.